The Labute approximate surface area is 123 Å². The number of likely N-dealkylation sites (tertiary alicyclic amines) is 1. The summed E-state index contributed by atoms with van der Waals surface area (Å²) in [5, 5.41) is 9.89. The van der Waals surface area contributed by atoms with Crippen LogP contribution in [0, 0.1) is 0 Å². The summed E-state index contributed by atoms with van der Waals surface area (Å²) in [7, 11) is 4.39. The zero-order valence-corrected chi connectivity index (χ0v) is 13.0. The zero-order chi connectivity index (χ0) is 14.6. The third kappa shape index (κ3) is 3.60. The fourth-order valence-corrected chi connectivity index (χ4v) is 3.19. The molecule has 1 aliphatic rings. The van der Waals surface area contributed by atoms with Crippen molar-refractivity contribution in [3.63, 3.8) is 0 Å². The van der Waals surface area contributed by atoms with Gasteiger partial charge in [0.25, 0.3) is 0 Å². The van der Waals surface area contributed by atoms with Crippen molar-refractivity contribution in [3.05, 3.63) is 35.9 Å². The minimum Gasteiger partial charge on any atom is -0.395 e. The van der Waals surface area contributed by atoms with E-state index in [1.54, 1.807) is 0 Å². The SMILES string of the molecule is CN1CCC(N(C)CC(C)(CO)c2ccccc2)CC1. The first kappa shape index (κ1) is 15.5. The average molecular weight is 276 g/mol. The van der Waals surface area contributed by atoms with Crippen LogP contribution in [0.15, 0.2) is 30.3 Å². The van der Waals surface area contributed by atoms with E-state index in [9.17, 15) is 5.11 Å². The number of rotatable bonds is 5. The van der Waals surface area contributed by atoms with E-state index < -0.39 is 0 Å². The molecule has 1 N–H and O–H groups in total. The van der Waals surface area contributed by atoms with Crippen LogP contribution >= 0.6 is 0 Å². The summed E-state index contributed by atoms with van der Waals surface area (Å²) in [6.07, 6.45) is 2.45. The molecule has 112 valence electrons. The summed E-state index contributed by atoms with van der Waals surface area (Å²) in [5.41, 5.74) is 1.04. The highest BCUT2D eigenvalue weighted by atomic mass is 16.3. The van der Waals surface area contributed by atoms with Crippen LogP contribution in [0.1, 0.15) is 25.3 Å². The maximum atomic E-state index is 9.89. The Morgan fingerprint density at radius 2 is 1.85 bits per heavy atom. The van der Waals surface area contributed by atoms with E-state index in [0.29, 0.717) is 6.04 Å². The number of nitrogens with zero attached hydrogens (tertiary/aromatic N) is 2. The van der Waals surface area contributed by atoms with Crippen LogP contribution in [0.4, 0.5) is 0 Å². The lowest BCUT2D eigenvalue weighted by molar-refractivity contribution is 0.0988. The van der Waals surface area contributed by atoms with Gasteiger partial charge in [-0.1, -0.05) is 37.3 Å². The molecule has 0 saturated carbocycles. The van der Waals surface area contributed by atoms with Crippen molar-refractivity contribution in [2.24, 2.45) is 0 Å². The van der Waals surface area contributed by atoms with Crippen LogP contribution < -0.4 is 0 Å². The molecule has 0 bridgehead atoms. The van der Waals surface area contributed by atoms with Gasteiger partial charge in [-0.15, -0.1) is 0 Å². The monoisotopic (exact) mass is 276 g/mol. The molecule has 20 heavy (non-hydrogen) atoms. The molecular weight excluding hydrogens is 248 g/mol. The molecule has 0 radical (unpaired) electrons. The van der Waals surface area contributed by atoms with Gasteiger partial charge < -0.3 is 14.9 Å². The summed E-state index contributed by atoms with van der Waals surface area (Å²) in [6, 6.07) is 11.0. The second-order valence-electron chi connectivity index (χ2n) is 6.53. The first-order chi connectivity index (χ1) is 9.55. The minimum atomic E-state index is -0.181. The molecule has 3 heteroatoms. The molecule has 0 spiro atoms. The predicted molar refractivity (Wildman–Crippen MR) is 84.0 cm³/mol. The first-order valence-corrected chi connectivity index (χ1v) is 7.60. The molecule has 0 aliphatic carbocycles. The maximum Gasteiger partial charge on any atom is 0.0537 e. The van der Waals surface area contributed by atoms with Crippen LogP contribution in [0.5, 0.6) is 0 Å². The number of aliphatic hydroxyl groups excluding tert-OH is 1. The molecule has 0 amide bonds. The van der Waals surface area contributed by atoms with Crippen LogP contribution in [-0.2, 0) is 5.41 Å². The van der Waals surface area contributed by atoms with Crippen LogP contribution in [0.2, 0.25) is 0 Å². The van der Waals surface area contributed by atoms with Crippen molar-refractivity contribution in [1.82, 2.24) is 9.80 Å². The van der Waals surface area contributed by atoms with Gasteiger partial charge >= 0.3 is 0 Å². The van der Waals surface area contributed by atoms with E-state index in [0.717, 1.165) is 6.54 Å². The van der Waals surface area contributed by atoms with Gasteiger partial charge in [0.15, 0.2) is 0 Å². The summed E-state index contributed by atoms with van der Waals surface area (Å²) < 4.78 is 0. The second kappa shape index (κ2) is 6.70. The number of piperidine rings is 1. The molecule has 1 aromatic carbocycles. The Morgan fingerprint density at radius 3 is 2.40 bits per heavy atom. The highest BCUT2D eigenvalue weighted by Crippen LogP contribution is 2.26. The lowest BCUT2D eigenvalue weighted by Crippen LogP contribution is -2.47. The third-order valence-corrected chi connectivity index (χ3v) is 4.73. The lowest BCUT2D eigenvalue weighted by atomic mass is 9.82. The Kier molecular flexibility index (Phi) is 5.19. The Bertz CT molecular complexity index is 401. The summed E-state index contributed by atoms with van der Waals surface area (Å²) in [6.45, 7) is 5.61. The highest BCUT2D eigenvalue weighted by molar-refractivity contribution is 5.25. The number of aliphatic hydroxyl groups is 1. The summed E-state index contributed by atoms with van der Waals surface area (Å²) in [4.78, 5) is 4.84. The van der Waals surface area contributed by atoms with Crippen molar-refractivity contribution >= 4 is 0 Å². The van der Waals surface area contributed by atoms with Gasteiger partial charge in [-0.05, 0) is 45.6 Å². The maximum absolute atomic E-state index is 9.89. The molecule has 1 saturated heterocycles. The highest BCUT2D eigenvalue weighted by Gasteiger charge is 2.30. The predicted octanol–water partition coefficient (Wildman–Crippen LogP) is 1.96. The topological polar surface area (TPSA) is 26.7 Å². The summed E-state index contributed by atoms with van der Waals surface area (Å²) in [5.74, 6) is 0. The normalized spacial score (nSPS) is 21.1. The van der Waals surface area contributed by atoms with Crippen LogP contribution in [-0.4, -0.2) is 61.3 Å². The van der Waals surface area contributed by atoms with Crippen molar-refractivity contribution < 1.29 is 5.11 Å². The van der Waals surface area contributed by atoms with E-state index in [2.05, 4.69) is 55.1 Å². The summed E-state index contributed by atoms with van der Waals surface area (Å²) >= 11 is 0. The Hall–Kier alpha value is -0.900. The molecule has 0 aromatic heterocycles. The molecule has 1 atom stereocenters. The fourth-order valence-electron chi connectivity index (χ4n) is 3.19. The number of hydrogen-bond acceptors (Lipinski definition) is 3. The van der Waals surface area contributed by atoms with Gasteiger partial charge in [0.2, 0.25) is 0 Å². The van der Waals surface area contributed by atoms with E-state index >= 15 is 0 Å². The molecule has 1 heterocycles. The first-order valence-electron chi connectivity index (χ1n) is 7.60. The van der Waals surface area contributed by atoms with Gasteiger partial charge in [0.05, 0.1) is 6.61 Å². The average Bonchev–Trinajstić information content (AvgIpc) is 2.48. The molecule has 3 nitrogen and oxygen atoms in total. The molecule has 1 fully saturated rings. The smallest absolute Gasteiger partial charge is 0.0537 e. The second-order valence-corrected chi connectivity index (χ2v) is 6.53. The van der Waals surface area contributed by atoms with Gasteiger partial charge in [0.1, 0.15) is 0 Å². The zero-order valence-electron chi connectivity index (χ0n) is 13.0. The molecule has 1 aliphatic heterocycles. The lowest BCUT2D eigenvalue weighted by Gasteiger charge is -2.40. The van der Waals surface area contributed by atoms with E-state index in [1.165, 1.54) is 31.5 Å². The van der Waals surface area contributed by atoms with E-state index in [1.807, 2.05) is 6.07 Å². The molecular formula is C17H28N2O. The van der Waals surface area contributed by atoms with Crippen LogP contribution in [0.25, 0.3) is 0 Å². The Balaban J connectivity index is 2.02. The third-order valence-electron chi connectivity index (χ3n) is 4.73. The quantitative estimate of drug-likeness (QED) is 0.890. The fraction of sp³-hybridized carbons (Fsp3) is 0.647. The van der Waals surface area contributed by atoms with E-state index in [4.69, 9.17) is 0 Å². The van der Waals surface area contributed by atoms with Crippen molar-refractivity contribution in [3.8, 4) is 0 Å². The van der Waals surface area contributed by atoms with Crippen LogP contribution in [0.3, 0.4) is 0 Å². The van der Waals surface area contributed by atoms with Gasteiger partial charge in [0, 0.05) is 18.0 Å². The number of likely N-dealkylation sites (N-methyl/N-ethyl adjacent to an activating group) is 1. The number of hydrogen-bond donors (Lipinski definition) is 1. The van der Waals surface area contributed by atoms with Crippen molar-refractivity contribution in [2.45, 2.75) is 31.2 Å². The van der Waals surface area contributed by atoms with Gasteiger partial charge in [-0.25, -0.2) is 0 Å². The molecule has 1 aromatic rings. The standard InChI is InChI=1S/C17H28N2O/c1-17(14-20,15-7-5-4-6-8-15)13-19(3)16-9-11-18(2)12-10-16/h4-8,16,20H,9-14H2,1-3H3. The van der Waals surface area contributed by atoms with Crippen molar-refractivity contribution in [1.29, 1.82) is 0 Å². The minimum absolute atomic E-state index is 0.181. The van der Waals surface area contributed by atoms with Gasteiger partial charge in [-0.2, -0.15) is 0 Å². The van der Waals surface area contributed by atoms with Gasteiger partial charge in [-0.3, -0.25) is 0 Å². The Morgan fingerprint density at radius 1 is 1.25 bits per heavy atom. The number of benzene rings is 1. The molecule has 1 unspecified atom stereocenters. The van der Waals surface area contributed by atoms with Crippen molar-refractivity contribution in [2.75, 3.05) is 40.3 Å². The van der Waals surface area contributed by atoms with E-state index in [-0.39, 0.29) is 12.0 Å². The molecule has 2 rings (SSSR count). The largest absolute Gasteiger partial charge is 0.395 e.